The molecule has 7 heteroatoms. The summed E-state index contributed by atoms with van der Waals surface area (Å²) in [5.41, 5.74) is 5.54. The first-order valence-electron chi connectivity index (χ1n) is 8.78. The fraction of sp³-hybridized carbons (Fsp3) is 0.381. The predicted octanol–water partition coefficient (Wildman–Crippen LogP) is 4.25. The summed E-state index contributed by atoms with van der Waals surface area (Å²) in [6.07, 6.45) is 0. The van der Waals surface area contributed by atoms with Crippen LogP contribution in [0.1, 0.15) is 63.0 Å². The molecule has 1 amide bonds. The lowest BCUT2D eigenvalue weighted by atomic mass is 9.78. The highest BCUT2D eigenvalue weighted by molar-refractivity contribution is 7.81. The van der Waals surface area contributed by atoms with E-state index in [9.17, 15) is 13.2 Å². The molecule has 154 valence electrons. The molecule has 0 saturated heterocycles. The first-order chi connectivity index (χ1) is 12.6. The van der Waals surface area contributed by atoms with Gasteiger partial charge in [-0.15, -0.1) is 0 Å². The van der Waals surface area contributed by atoms with Crippen LogP contribution in [-0.4, -0.2) is 18.9 Å². The van der Waals surface area contributed by atoms with E-state index in [-0.39, 0.29) is 11.3 Å². The molecule has 0 unspecified atom stereocenters. The summed E-state index contributed by atoms with van der Waals surface area (Å²) in [5, 5.41) is 0. The molecule has 2 aromatic rings. The Morgan fingerprint density at radius 2 is 1.18 bits per heavy atom. The van der Waals surface area contributed by atoms with Crippen molar-refractivity contribution in [1.82, 2.24) is 0 Å². The van der Waals surface area contributed by atoms with Gasteiger partial charge in [-0.25, -0.2) is 0 Å². The van der Waals surface area contributed by atoms with Crippen LogP contribution in [0.5, 0.6) is 5.75 Å². The van der Waals surface area contributed by atoms with Crippen LogP contribution in [0, 0.1) is 0 Å². The molecule has 0 aliphatic carbocycles. The lowest BCUT2D eigenvalue weighted by Crippen LogP contribution is -2.24. The third-order valence-electron chi connectivity index (χ3n) is 3.84. The van der Waals surface area contributed by atoms with Crippen molar-refractivity contribution >= 4 is 16.3 Å². The Bertz CT molecular complexity index is 846. The van der Waals surface area contributed by atoms with Crippen LogP contribution in [0.4, 0.5) is 0 Å². The summed E-state index contributed by atoms with van der Waals surface area (Å²) in [6.45, 7) is 11.1. The molecule has 0 atom stereocenters. The molecule has 0 aliphatic heterocycles. The van der Waals surface area contributed by atoms with E-state index in [0.29, 0.717) is 11.1 Å². The van der Waals surface area contributed by atoms with Gasteiger partial charge in [0.05, 0.1) is 0 Å². The number of rotatable bonds is 3. The number of carbonyl (C=O) groups is 1. The first-order valence-corrected chi connectivity index (χ1v) is 10.1. The van der Waals surface area contributed by atoms with Crippen molar-refractivity contribution in [3.05, 3.63) is 65.2 Å². The molecular weight excluding hydrogens is 378 g/mol. The second-order valence-electron chi connectivity index (χ2n) is 8.43. The maximum Gasteiger partial charge on any atom is 0.446 e. The molecule has 0 spiro atoms. The van der Waals surface area contributed by atoms with Gasteiger partial charge in [-0.2, -0.15) is 8.42 Å². The van der Waals surface area contributed by atoms with E-state index in [1.807, 2.05) is 77.9 Å². The summed E-state index contributed by atoms with van der Waals surface area (Å²) < 4.78 is 36.4. The molecular formula is C21H29NO5S. The van der Waals surface area contributed by atoms with Gasteiger partial charge in [-0.05, 0) is 23.0 Å². The van der Waals surface area contributed by atoms with Gasteiger partial charge in [-0.1, -0.05) is 77.9 Å². The van der Waals surface area contributed by atoms with Crippen molar-refractivity contribution < 1.29 is 21.9 Å². The smallest absolute Gasteiger partial charge is 0.366 e. The third kappa shape index (κ3) is 7.32. The summed E-state index contributed by atoms with van der Waals surface area (Å²) >= 11 is 0. The van der Waals surface area contributed by atoms with Gasteiger partial charge in [0.2, 0.25) is 5.91 Å². The Kier molecular flexibility index (Phi) is 7.39. The maximum atomic E-state index is 11.6. The number of hydrogen-bond acceptors (Lipinski definition) is 4. The van der Waals surface area contributed by atoms with Crippen molar-refractivity contribution in [2.45, 2.75) is 52.4 Å². The predicted molar refractivity (Wildman–Crippen MR) is 111 cm³/mol. The Labute approximate surface area is 167 Å². The minimum atomic E-state index is -4.69. The summed E-state index contributed by atoms with van der Waals surface area (Å²) in [4.78, 5) is 11.6. The van der Waals surface area contributed by atoms with Crippen LogP contribution in [0.2, 0.25) is 0 Å². The fourth-order valence-corrected chi connectivity index (χ4v) is 2.86. The second kappa shape index (κ2) is 8.75. The zero-order chi connectivity index (χ0) is 21.8. The molecule has 0 fully saturated rings. The Morgan fingerprint density at radius 3 is 1.39 bits per heavy atom. The normalized spacial score (nSPS) is 12.0. The molecule has 0 aromatic heterocycles. The number of hydrogen-bond donors (Lipinski definition) is 2. The molecule has 2 rings (SSSR count). The van der Waals surface area contributed by atoms with Crippen molar-refractivity contribution in [3.8, 4) is 5.75 Å². The zero-order valence-electron chi connectivity index (χ0n) is 17.2. The molecule has 0 radical (unpaired) electrons. The molecule has 0 bridgehead atoms. The van der Waals surface area contributed by atoms with E-state index in [0.717, 1.165) is 0 Å². The second-order valence-corrected chi connectivity index (χ2v) is 9.45. The molecule has 0 aliphatic rings. The highest BCUT2D eigenvalue weighted by atomic mass is 32.3. The summed E-state index contributed by atoms with van der Waals surface area (Å²) in [5.74, 6) is -0.582. The molecule has 6 nitrogen and oxygen atoms in total. The lowest BCUT2D eigenvalue weighted by molar-refractivity contribution is 0.1000. The van der Waals surface area contributed by atoms with Crippen LogP contribution in [0.3, 0.4) is 0 Å². The molecule has 3 N–H and O–H groups in total. The van der Waals surface area contributed by atoms with Crippen LogP contribution >= 0.6 is 0 Å². The summed E-state index contributed by atoms with van der Waals surface area (Å²) in [6, 6.07) is 15.0. The first kappa shape index (κ1) is 23.7. The zero-order valence-corrected chi connectivity index (χ0v) is 18.0. The third-order valence-corrected chi connectivity index (χ3v) is 4.22. The van der Waals surface area contributed by atoms with Crippen molar-refractivity contribution in [2.75, 3.05) is 0 Å². The largest absolute Gasteiger partial charge is 0.446 e. The average molecular weight is 408 g/mol. The number of nitrogens with two attached hydrogens (primary N) is 1. The molecule has 2 aromatic carbocycles. The Morgan fingerprint density at radius 1 is 0.857 bits per heavy atom. The highest BCUT2D eigenvalue weighted by Crippen LogP contribution is 2.41. The van der Waals surface area contributed by atoms with Crippen LogP contribution in [0.25, 0.3) is 0 Å². The van der Waals surface area contributed by atoms with E-state index < -0.39 is 27.1 Å². The Balaban J connectivity index is 0.000000552. The fourth-order valence-electron chi connectivity index (χ4n) is 2.47. The molecule has 0 saturated carbocycles. The summed E-state index contributed by atoms with van der Waals surface area (Å²) in [7, 11) is -4.69. The van der Waals surface area contributed by atoms with Gasteiger partial charge in [0.25, 0.3) is 0 Å². The monoisotopic (exact) mass is 407 g/mol. The van der Waals surface area contributed by atoms with E-state index in [1.54, 1.807) is 0 Å². The van der Waals surface area contributed by atoms with Crippen molar-refractivity contribution in [2.24, 2.45) is 5.73 Å². The van der Waals surface area contributed by atoms with E-state index >= 15 is 0 Å². The van der Waals surface area contributed by atoms with Gasteiger partial charge < -0.3 is 9.92 Å². The topological polar surface area (TPSA) is 107 Å². The Hall–Kier alpha value is -2.38. The van der Waals surface area contributed by atoms with Crippen molar-refractivity contribution in [3.63, 3.8) is 0 Å². The van der Waals surface area contributed by atoms with E-state index in [2.05, 4.69) is 0 Å². The van der Waals surface area contributed by atoms with E-state index in [1.165, 1.54) is 12.1 Å². The SMILES string of the molecule is CC(C)(C)c1cc(C(N)=O)cc(C(C)(C)C)c1OS(=O)(=O)O.c1ccccc1. The van der Waals surface area contributed by atoms with Gasteiger partial charge in [-0.3, -0.25) is 9.35 Å². The lowest BCUT2D eigenvalue weighted by Gasteiger charge is -2.29. The van der Waals surface area contributed by atoms with Crippen LogP contribution in [-0.2, 0) is 21.2 Å². The number of amides is 1. The van der Waals surface area contributed by atoms with E-state index in [4.69, 9.17) is 14.5 Å². The van der Waals surface area contributed by atoms with Gasteiger partial charge in [0, 0.05) is 16.7 Å². The van der Waals surface area contributed by atoms with Gasteiger partial charge >= 0.3 is 10.4 Å². The van der Waals surface area contributed by atoms with Gasteiger partial charge in [0.15, 0.2) is 5.75 Å². The highest BCUT2D eigenvalue weighted by Gasteiger charge is 2.30. The number of benzene rings is 2. The van der Waals surface area contributed by atoms with Gasteiger partial charge in [0.1, 0.15) is 0 Å². The quantitative estimate of drug-likeness (QED) is 0.740. The van der Waals surface area contributed by atoms with Crippen LogP contribution < -0.4 is 9.92 Å². The van der Waals surface area contributed by atoms with Crippen LogP contribution in [0.15, 0.2) is 48.5 Å². The average Bonchev–Trinajstić information content (AvgIpc) is 2.53. The molecule has 28 heavy (non-hydrogen) atoms. The van der Waals surface area contributed by atoms with Crippen molar-refractivity contribution in [1.29, 1.82) is 0 Å². The maximum absolute atomic E-state index is 11.6. The minimum Gasteiger partial charge on any atom is -0.366 e. The number of carbonyl (C=O) groups excluding carboxylic acids is 1. The number of primary amides is 1. The minimum absolute atomic E-state index is 0.0347. The molecule has 0 heterocycles. The standard InChI is InChI=1S/C15H23NO5S.C6H6/c1-14(2,3)10-7-9(13(16)17)8-11(15(4,5)6)12(10)21-22(18,19)20;1-2-4-6-5-3-1/h7-8H,1-6H3,(H2,16,17)(H,18,19,20);1-6H.